The van der Waals surface area contributed by atoms with Crippen molar-refractivity contribution in [3.8, 4) is 17.4 Å². The standard InChI is InChI=1S/C20H19N5O6S/c1-3-30-18(26)10-14-12-32-20(23-14)24-22-11-13-6-7-16(17(9-13)29-2)31-19-15(25(27)28)5-4-8-21-19/h4-9,11-12H,3,10H2,1-2H3,(H,23,24). The third kappa shape index (κ3) is 5.98. The minimum Gasteiger partial charge on any atom is -0.493 e. The molecule has 0 bridgehead atoms. The normalized spacial score (nSPS) is 10.7. The zero-order valence-electron chi connectivity index (χ0n) is 17.2. The molecule has 0 unspecified atom stereocenters. The number of carbonyl (C=O) groups excluding carboxylic acids is 1. The molecule has 0 atom stereocenters. The Kier molecular flexibility index (Phi) is 7.65. The summed E-state index contributed by atoms with van der Waals surface area (Å²) in [6.07, 6.45) is 3.04. The van der Waals surface area contributed by atoms with Crippen molar-refractivity contribution in [1.82, 2.24) is 9.97 Å². The van der Waals surface area contributed by atoms with Crippen LogP contribution in [-0.4, -0.2) is 40.8 Å². The molecule has 0 radical (unpaired) electrons. The lowest BCUT2D eigenvalue weighted by Gasteiger charge is -2.10. The quantitative estimate of drug-likeness (QED) is 0.208. The lowest BCUT2D eigenvalue weighted by Crippen LogP contribution is -2.07. The number of aromatic nitrogens is 2. The molecule has 2 aromatic heterocycles. The van der Waals surface area contributed by atoms with Crippen LogP contribution in [0.3, 0.4) is 0 Å². The summed E-state index contributed by atoms with van der Waals surface area (Å²) in [5.41, 5.74) is 3.82. The minimum atomic E-state index is -0.571. The van der Waals surface area contributed by atoms with Crippen molar-refractivity contribution >= 4 is 34.3 Å². The van der Waals surface area contributed by atoms with E-state index in [1.807, 2.05) is 0 Å². The fourth-order valence-corrected chi connectivity index (χ4v) is 3.17. The Hall–Kier alpha value is -4.06. The molecule has 12 heteroatoms. The van der Waals surface area contributed by atoms with E-state index in [0.29, 0.717) is 28.7 Å². The molecule has 3 rings (SSSR count). The summed E-state index contributed by atoms with van der Waals surface area (Å²) in [6, 6.07) is 7.71. The second-order valence-electron chi connectivity index (χ2n) is 6.09. The number of anilines is 1. The number of nitrogens with zero attached hydrogens (tertiary/aromatic N) is 4. The first-order valence-electron chi connectivity index (χ1n) is 9.34. The molecule has 0 aliphatic rings. The molecule has 0 saturated carbocycles. The highest BCUT2D eigenvalue weighted by Crippen LogP contribution is 2.34. The Labute approximate surface area is 186 Å². The Balaban J connectivity index is 1.66. The smallest absolute Gasteiger partial charge is 0.331 e. The van der Waals surface area contributed by atoms with Crippen LogP contribution in [0.2, 0.25) is 0 Å². The molecule has 3 aromatic rings. The molecular formula is C20H19N5O6S. The van der Waals surface area contributed by atoms with Crippen molar-refractivity contribution in [2.75, 3.05) is 19.1 Å². The van der Waals surface area contributed by atoms with Gasteiger partial charge in [0.1, 0.15) is 0 Å². The van der Waals surface area contributed by atoms with Gasteiger partial charge < -0.3 is 14.2 Å². The number of carbonyl (C=O) groups is 1. The van der Waals surface area contributed by atoms with Gasteiger partial charge in [-0.25, -0.2) is 9.97 Å². The number of nitrogens with one attached hydrogen (secondary N) is 1. The van der Waals surface area contributed by atoms with Gasteiger partial charge in [0, 0.05) is 17.6 Å². The molecule has 0 saturated heterocycles. The van der Waals surface area contributed by atoms with E-state index in [0.717, 1.165) is 0 Å². The van der Waals surface area contributed by atoms with E-state index in [1.54, 1.807) is 36.7 Å². The third-order valence-corrected chi connectivity index (χ3v) is 4.69. The average molecular weight is 457 g/mol. The van der Waals surface area contributed by atoms with Gasteiger partial charge in [-0.15, -0.1) is 11.3 Å². The van der Waals surface area contributed by atoms with Gasteiger partial charge >= 0.3 is 11.7 Å². The number of benzene rings is 1. The second kappa shape index (κ2) is 10.8. The molecule has 166 valence electrons. The molecular weight excluding hydrogens is 438 g/mol. The molecule has 0 amide bonds. The highest BCUT2D eigenvalue weighted by atomic mass is 32.1. The van der Waals surface area contributed by atoms with Gasteiger partial charge in [-0.1, -0.05) is 0 Å². The summed E-state index contributed by atoms with van der Waals surface area (Å²) in [4.78, 5) is 30.3. The van der Waals surface area contributed by atoms with Crippen LogP contribution in [0.5, 0.6) is 17.4 Å². The molecule has 1 aromatic carbocycles. The van der Waals surface area contributed by atoms with Gasteiger partial charge in [0.15, 0.2) is 11.5 Å². The fraction of sp³-hybridized carbons (Fsp3) is 0.200. The number of esters is 1. The highest BCUT2D eigenvalue weighted by Gasteiger charge is 2.18. The SMILES string of the molecule is CCOC(=O)Cc1csc(NN=Cc2ccc(Oc3ncccc3[N+](=O)[O-])c(OC)c2)n1. The monoisotopic (exact) mass is 457 g/mol. The molecule has 0 aliphatic carbocycles. The Morgan fingerprint density at radius 3 is 2.94 bits per heavy atom. The number of hydrogen-bond acceptors (Lipinski definition) is 11. The lowest BCUT2D eigenvalue weighted by molar-refractivity contribution is -0.386. The topological polar surface area (TPSA) is 138 Å². The largest absolute Gasteiger partial charge is 0.493 e. The minimum absolute atomic E-state index is 0.100. The van der Waals surface area contributed by atoms with Gasteiger partial charge in [-0.3, -0.25) is 20.3 Å². The fourth-order valence-electron chi connectivity index (χ4n) is 2.51. The predicted octanol–water partition coefficient (Wildman–Crippen LogP) is 3.80. The van der Waals surface area contributed by atoms with E-state index in [2.05, 4.69) is 20.5 Å². The maximum absolute atomic E-state index is 11.5. The molecule has 0 spiro atoms. The van der Waals surface area contributed by atoms with Crippen LogP contribution in [0.4, 0.5) is 10.8 Å². The number of hydrogen-bond donors (Lipinski definition) is 1. The van der Waals surface area contributed by atoms with Gasteiger partial charge in [0.25, 0.3) is 5.88 Å². The lowest BCUT2D eigenvalue weighted by atomic mass is 10.2. The molecule has 2 heterocycles. The zero-order chi connectivity index (χ0) is 22.9. The van der Waals surface area contributed by atoms with Gasteiger partial charge in [0.05, 0.1) is 37.0 Å². The summed E-state index contributed by atoms with van der Waals surface area (Å²) in [5.74, 6) is 0.141. The molecule has 0 aliphatic heterocycles. The van der Waals surface area contributed by atoms with Crippen LogP contribution in [0.1, 0.15) is 18.2 Å². The van der Waals surface area contributed by atoms with Crippen molar-refractivity contribution in [2.45, 2.75) is 13.3 Å². The van der Waals surface area contributed by atoms with Crippen molar-refractivity contribution in [3.05, 3.63) is 63.3 Å². The van der Waals surface area contributed by atoms with Crippen LogP contribution < -0.4 is 14.9 Å². The van der Waals surface area contributed by atoms with E-state index < -0.39 is 4.92 Å². The maximum atomic E-state index is 11.5. The van der Waals surface area contributed by atoms with Crippen LogP contribution in [-0.2, 0) is 16.0 Å². The van der Waals surface area contributed by atoms with Crippen LogP contribution >= 0.6 is 11.3 Å². The van der Waals surface area contributed by atoms with E-state index in [4.69, 9.17) is 14.2 Å². The predicted molar refractivity (Wildman–Crippen MR) is 118 cm³/mol. The van der Waals surface area contributed by atoms with Crippen LogP contribution in [0.25, 0.3) is 0 Å². The Morgan fingerprint density at radius 2 is 2.19 bits per heavy atom. The summed E-state index contributed by atoms with van der Waals surface area (Å²) < 4.78 is 15.8. The zero-order valence-corrected chi connectivity index (χ0v) is 18.0. The highest BCUT2D eigenvalue weighted by molar-refractivity contribution is 7.13. The number of ether oxygens (including phenoxy) is 3. The number of rotatable bonds is 10. The number of methoxy groups -OCH3 is 1. The second-order valence-corrected chi connectivity index (χ2v) is 6.95. The summed E-state index contributed by atoms with van der Waals surface area (Å²) in [7, 11) is 1.45. The summed E-state index contributed by atoms with van der Waals surface area (Å²) in [6.45, 7) is 2.07. The van der Waals surface area contributed by atoms with Crippen LogP contribution in [0.15, 0.2) is 47.0 Å². The van der Waals surface area contributed by atoms with Crippen molar-refractivity contribution in [1.29, 1.82) is 0 Å². The van der Waals surface area contributed by atoms with Crippen molar-refractivity contribution in [3.63, 3.8) is 0 Å². The average Bonchev–Trinajstić information content (AvgIpc) is 3.22. The summed E-state index contributed by atoms with van der Waals surface area (Å²) in [5, 5.41) is 17.5. The van der Waals surface area contributed by atoms with Crippen LogP contribution in [0, 0.1) is 10.1 Å². The number of hydrazone groups is 1. The first-order valence-corrected chi connectivity index (χ1v) is 10.2. The van der Waals surface area contributed by atoms with Gasteiger partial charge in [-0.05, 0) is 36.8 Å². The van der Waals surface area contributed by atoms with Crippen molar-refractivity contribution < 1.29 is 23.9 Å². The molecule has 1 N–H and O–H groups in total. The molecule has 0 fully saturated rings. The van der Waals surface area contributed by atoms with E-state index >= 15 is 0 Å². The van der Waals surface area contributed by atoms with E-state index in [1.165, 1.54) is 36.8 Å². The number of pyridine rings is 1. The first-order chi connectivity index (χ1) is 15.5. The Morgan fingerprint density at radius 1 is 1.34 bits per heavy atom. The maximum Gasteiger partial charge on any atom is 0.331 e. The molecule has 32 heavy (non-hydrogen) atoms. The summed E-state index contributed by atoms with van der Waals surface area (Å²) >= 11 is 1.31. The van der Waals surface area contributed by atoms with E-state index in [-0.39, 0.29) is 29.7 Å². The number of thiazole rings is 1. The first kappa shape index (κ1) is 22.6. The van der Waals surface area contributed by atoms with Gasteiger partial charge in [0.2, 0.25) is 5.13 Å². The third-order valence-electron chi connectivity index (χ3n) is 3.90. The van der Waals surface area contributed by atoms with E-state index in [9.17, 15) is 14.9 Å². The van der Waals surface area contributed by atoms with Crippen molar-refractivity contribution in [2.24, 2.45) is 5.10 Å². The van der Waals surface area contributed by atoms with Gasteiger partial charge in [-0.2, -0.15) is 5.10 Å². The molecule has 11 nitrogen and oxygen atoms in total. The Bertz CT molecular complexity index is 1130. The number of nitro groups is 1.